The largest absolute Gasteiger partial charge is 0.337 e. The van der Waals surface area contributed by atoms with Gasteiger partial charge in [0.15, 0.2) is 11.5 Å². The summed E-state index contributed by atoms with van der Waals surface area (Å²) in [5.41, 5.74) is 1.00. The number of anilines is 1. The van der Waals surface area contributed by atoms with Crippen LogP contribution in [-0.2, 0) is 4.79 Å². The number of nitrogens with one attached hydrogen (secondary N) is 1. The van der Waals surface area contributed by atoms with Gasteiger partial charge in [-0.05, 0) is 18.6 Å². The van der Waals surface area contributed by atoms with Crippen molar-refractivity contribution in [1.29, 1.82) is 0 Å². The third-order valence-electron chi connectivity index (χ3n) is 2.74. The number of rotatable bonds is 7. The van der Waals surface area contributed by atoms with Crippen molar-refractivity contribution in [3.8, 4) is 0 Å². The van der Waals surface area contributed by atoms with Crippen LogP contribution in [0, 0.1) is 0 Å². The van der Waals surface area contributed by atoms with Gasteiger partial charge in [-0.1, -0.05) is 38.0 Å². The molecule has 0 aromatic heterocycles. The smallest absolute Gasteiger partial charge is 0.319 e. The normalized spacial score (nSPS) is 14.6. The van der Waals surface area contributed by atoms with Gasteiger partial charge < -0.3 is 5.32 Å². The number of para-hydroxylation sites is 1. The van der Waals surface area contributed by atoms with E-state index in [9.17, 15) is 4.79 Å². The lowest BCUT2D eigenvalue weighted by Crippen LogP contribution is -2.01. The van der Waals surface area contributed by atoms with E-state index in [1.54, 1.807) is 0 Å². The van der Waals surface area contributed by atoms with Gasteiger partial charge in [-0.3, -0.25) is 4.79 Å². The van der Waals surface area contributed by atoms with Gasteiger partial charge in [0.05, 0.1) is 6.54 Å². The molecule has 104 valence electrons. The Morgan fingerprint density at radius 3 is 2.70 bits per heavy atom. The Hall–Kier alpha value is -2.37. The molecule has 0 fully saturated rings. The average molecular weight is 271 g/mol. The molecule has 1 heterocycles. The average Bonchev–Trinajstić information content (AvgIpc) is 2.81. The molecule has 1 amide bonds. The van der Waals surface area contributed by atoms with E-state index in [1.807, 2.05) is 30.3 Å². The standard InChI is InChI=1S/C14H17N5O/c1-2-3-7-10-15-17-12-13(18-19-14(12)20)16-11-8-5-4-6-9-11/h4-6,8-9,16H,2-3,7,10H2,1H3. The Morgan fingerprint density at radius 2 is 1.95 bits per heavy atom. The number of carbonyl (C=O) groups is 1. The van der Waals surface area contributed by atoms with Crippen LogP contribution in [0.1, 0.15) is 26.2 Å². The van der Waals surface area contributed by atoms with Gasteiger partial charge in [0, 0.05) is 5.69 Å². The van der Waals surface area contributed by atoms with Crippen LogP contribution in [-0.4, -0.2) is 12.5 Å². The summed E-state index contributed by atoms with van der Waals surface area (Å²) in [6.07, 6.45) is 3.20. The van der Waals surface area contributed by atoms with Crippen LogP contribution in [0.25, 0.3) is 0 Å². The third kappa shape index (κ3) is 3.81. The van der Waals surface area contributed by atoms with Crippen LogP contribution in [0.4, 0.5) is 5.69 Å². The van der Waals surface area contributed by atoms with Gasteiger partial charge in [0.2, 0.25) is 0 Å². The van der Waals surface area contributed by atoms with Crippen LogP contribution in [0.15, 0.2) is 62.3 Å². The lowest BCUT2D eigenvalue weighted by molar-refractivity contribution is -0.114. The minimum absolute atomic E-state index is 0.172. The summed E-state index contributed by atoms with van der Waals surface area (Å²) in [4.78, 5) is 11.6. The molecule has 20 heavy (non-hydrogen) atoms. The zero-order valence-electron chi connectivity index (χ0n) is 11.4. The monoisotopic (exact) mass is 271 g/mol. The predicted molar refractivity (Wildman–Crippen MR) is 76.2 cm³/mol. The van der Waals surface area contributed by atoms with E-state index < -0.39 is 5.91 Å². The van der Waals surface area contributed by atoms with Crippen molar-refractivity contribution in [3.05, 3.63) is 41.8 Å². The zero-order valence-corrected chi connectivity index (χ0v) is 11.4. The SMILES string of the molecule is CCCCCN=NC1=C(Nc2ccccc2)N=NC1=O. The molecule has 1 aromatic carbocycles. The highest BCUT2D eigenvalue weighted by molar-refractivity contribution is 5.96. The quantitative estimate of drug-likeness (QED) is 0.603. The van der Waals surface area contributed by atoms with Crippen LogP contribution >= 0.6 is 0 Å². The first-order valence-corrected chi connectivity index (χ1v) is 6.71. The molecule has 6 nitrogen and oxygen atoms in total. The number of amides is 1. The minimum atomic E-state index is -0.456. The second-order valence-corrected chi connectivity index (χ2v) is 4.37. The molecule has 0 bridgehead atoms. The van der Waals surface area contributed by atoms with Gasteiger partial charge >= 0.3 is 5.91 Å². The lowest BCUT2D eigenvalue weighted by Gasteiger charge is -2.03. The van der Waals surface area contributed by atoms with Crippen molar-refractivity contribution >= 4 is 11.6 Å². The van der Waals surface area contributed by atoms with Crippen LogP contribution < -0.4 is 5.32 Å². The van der Waals surface area contributed by atoms with Crippen molar-refractivity contribution in [3.63, 3.8) is 0 Å². The fourth-order valence-corrected chi connectivity index (χ4v) is 1.68. The van der Waals surface area contributed by atoms with Crippen molar-refractivity contribution in [2.45, 2.75) is 26.2 Å². The Morgan fingerprint density at radius 1 is 1.15 bits per heavy atom. The van der Waals surface area contributed by atoms with Crippen LogP contribution in [0.5, 0.6) is 0 Å². The lowest BCUT2D eigenvalue weighted by atomic mass is 10.3. The summed E-state index contributed by atoms with van der Waals surface area (Å²) >= 11 is 0. The number of hydrogen-bond donors (Lipinski definition) is 1. The number of unbranched alkanes of at least 4 members (excludes halogenated alkanes) is 2. The maximum Gasteiger partial charge on any atom is 0.319 e. The summed E-state index contributed by atoms with van der Waals surface area (Å²) in [5, 5.41) is 18.3. The summed E-state index contributed by atoms with van der Waals surface area (Å²) in [6.45, 7) is 2.74. The molecule has 1 N–H and O–H groups in total. The fourth-order valence-electron chi connectivity index (χ4n) is 1.68. The second kappa shape index (κ2) is 7.28. The highest BCUT2D eigenvalue weighted by atomic mass is 16.2. The first-order valence-electron chi connectivity index (χ1n) is 6.71. The van der Waals surface area contributed by atoms with Gasteiger partial charge in [-0.25, -0.2) is 0 Å². The number of hydrogen-bond acceptors (Lipinski definition) is 5. The van der Waals surface area contributed by atoms with Crippen molar-refractivity contribution in [1.82, 2.24) is 0 Å². The molecular formula is C14H17N5O. The summed E-state index contributed by atoms with van der Waals surface area (Å²) < 4.78 is 0. The van der Waals surface area contributed by atoms with Crippen LogP contribution in [0.3, 0.4) is 0 Å². The van der Waals surface area contributed by atoms with Crippen molar-refractivity contribution in [2.75, 3.05) is 11.9 Å². The number of nitrogens with zero attached hydrogens (tertiary/aromatic N) is 4. The summed E-state index contributed by atoms with van der Waals surface area (Å²) in [5.74, 6) is -0.108. The Labute approximate surface area is 117 Å². The Balaban J connectivity index is 2.03. The molecule has 0 unspecified atom stereocenters. The molecule has 0 spiro atoms. The van der Waals surface area contributed by atoms with Crippen LogP contribution in [0.2, 0.25) is 0 Å². The molecule has 0 saturated heterocycles. The molecule has 1 aliphatic heterocycles. The van der Waals surface area contributed by atoms with E-state index in [-0.39, 0.29) is 5.70 Å². The van der Waals surface area contributed by atoms with E-state index in [4.69, 9.17) is 0 Å². The number of azo groups is 2. The van der Waals surface area contributed by atoms with E-state index in [0.717, 1.165) is 24.9 Å². The first-order chi connectivity index (χ1) is 9.81. The molecule has 2 rings (SSSR count). The Bertz CT molecular complexity index is 548. The van der Waals surface area contributed by atoms with E-state index in [2.05, 4.69) is 32.7 Å². The Kier molecular flexibility index (Phi) is 5.11. The van der Waals surface area contributed by atoms with Gasteiger partial charge in [0.1, 0.15) is 0 Å². The molecule has 0 radical (unpaired) electrons. The maximum absolute atomic E-state index is 11.6. The fraction of sp³-hybridized carbons (Fsp3) is 0.357. The minimum Gasteiger partial charge on any atom is -0.337 e. The summed E-state index contributed by atoms with van der Waals surface area (Å²) in [6, 6.07) is 9.45. The van der Waals surface area contributed by atoms with Gasteiger partial charge in [-0.2, -0.15) is 5.11 Å². The molecule has 0 saturated carbocycles. The topological polar surface area (TPSA) is 78.5 Å². The molecule has 6 heteroatoms. The molecule has 1 aromatic rings. The van der Waals surface area contributed by atoms with E-state index in [1.165, 1.54) is 0 Å². The van der Waals surface area contributed by atoms with E-state index in [0.29, 0.717) is 12.4 Å². The van der Waals surface area contributed by atoms with Crippen molar-refractivity contribution < 1.29 is 4.79 Å². The highest BCUT2D eigenvalue weighted by Crippen LogP contribution is 2.20. The first kappa shape index (κ1) is 14.0. The van der Waals surface area contributed by atoms with Gasteiger partial charge in [0.25, 0.3) is 0 Å². The number of benzene rings is 1. The third-order valence-corrected chi connectivity index (χ3v) is 2.74. The maximum atomic E-state index is 11.6. The zero-order chi connectivity index (χ0) is 14.2. The van der Waals surface area contributed by atoms with E-state index >= 15 is 0 Å². The predicted octanol–water partition coefficient (Wildman–Crippen LogP) is 3.90. The second-order valence-electron chi connectivity index (χ2n) is 4.37. The van der Waals surface area contributed by atoms with Gasteiger partial charge in [-0.15, -0.1) is 15.3 Å². The molecular weight excluding hydrogens is 254 g/mol. The molecule has 0 aliphatic carbocycles. The number of carbonyl (C=O) groups excluding carboxylic acids is 1. The molecule has 1 aliphatic rings. The van der Waals surface area contributed by atoms with Crippen molar-refractivity contribution in [2.24, 2.45) is 20.5 Å². The molecule has 0 atom stereocenters. The summed E-state index contributed by atoms with van der Waals surface area (Å²) in [7, 11) is 0. The highest BCUT2D eigenvalue weighted by Gasteiger charge is 2.21.